The van der Waals surface area contributed by atoms with Gasteiger partial charge in [-0.05, 0) is 36.6 Å². The van der Waals surface area contributed by atoms with Crippen LogP contribution in [0.4, 0.5) is 0 Å². The highest BCUT2D eigenvalue weighted by Crippen LogP contribution is 2.11. The maximum absolute atomic E-state index is 12.0. The van der Waals surface area contributed by atoms with Crippen LogP contribution in [0.25, 0.3) is 0 Å². The molecule has 0 saturated heterocycles. The van der Waals surface area contributed by atoms with Crippen LogP contribution in [0.15, 0.2) is 85.0 Å². The Labute approximate surface area is 131 Å². The van der Waals surface area contributed by atoms with Gasteiger partial charge in [0.05, 0.1) is 5.56 Å². The van der Waals surface area contributed by atoms with Gasteiger partial charge in [0, 0.05) is 0 Å². The summed E-state index contributed by atoms with van der Waals surface area (Å²) in [5.74, 6) is -0.328. The molecule has 2 aromatic rings. The molecule has 0 aliphatic rings. The minimum atomic E-state index is -0.347. The van der Waals surface area contributed by atoms with Crippen molar-refractivity contribution < 1.29 is 9.53 Å². The Kier molecular flexibility index (Phi) is 5.73. The third kappa shape index (κ3) is 4.74. The number of carbonyl (C=O) groups is 1. The van der Waals surface area contributed by atoms with Gasteiger partial charge in [0.25, 0.3) is 0 Å². The van der Waals surface area contributed by atoms with Crippen LogP contribution in [-0.4, -0.2) is 12.1 Å². The fraction of sp³-hybridized carbons (Fsp3) is 0.150. The van der Waals surface area contributed by atoms with Gasteiger partial charge in [-0.1, -0.05) is 67.3 Å². The van der Waals surface area contributed by atoms with Gasteiger partial charge in [-0.15, -0.1) is 0 Å². The van der Waals surface area contributed by atoms with Crippen molar-refractivity contribution in [3.8, 4) is 0 Å². The molecule has 0 aliphatic carbocycles. The number of benzene rings is 2. The zero-order valence-corrected chi connectivity index (χ0v) is 12.7. The molecule has 0 heterocycles. The molecule has 0 bridgehead atoms. The number of carbonyl (C=O) groups excluding carboxylic acids is 1. The van der Waals surface area contributed by atoms with E-state index in [0.717, 1.165) is 12.0 Å². The van der Waals surface area contributed by atoms with Gasteiger partial charge in [-0.2, -0.15) is 0 Å². The molecule has 0 aromatic heterocycles. The van der Waals surface area contributed by atoms with Crippen molar-refractivity contribution in [1.82, 2.24) is 0 Å². The lowest BCUT2D eigenvalue weighted by molar-refractivity contribution is 0.0412. The summed E-state index contributed by atoms with van der Waals surface area (Å²) in [6, 6.07) is 19.2. The van der Waals surface area contributed by atoms with E-state index >= 15 is 0 Å². The van der Waals surface area contributed by atoms with Crippen LogP contribution < -0.4 is 0 Å². The van der Waals surface area contributed by atoms with Gasteiger partial charge in [0.2, 0.25) is 0 Å². The molecule has 0 spiro atoms. The zero-order chi connectivity index (χ0) is 15.8. The molecule has 2 rings (SSSR count). The van der Waals surface area contributed by atoms with Gasteiger partial charge in [-0.25, -0.2) is 4.79 Å². The predicted molar refractivity (Wildman–Crippen MR) is 89.7 cm³/mol. The molecule has 2 nitrogen and oxygen atoms in total. The number of allylic oxidation sites excluding steroid dienone is 1. The van der Waals surface area contributed by atoms with Crippen LogP contribution >= 0.6 is 0 Å². The van der Waals surface area contributed by atoms with Crippen molar-refractivity contribution >= 4 is 5.97 Å². The Morgan fingerprint density at radius 2 is 1.68 bits per heavy atom. The van der Waals surface area contributed by atoms with Gasteiger partial charge in [-0.3, -0.25) is 0 Å². The second-order valence-electron chi connectivity index (χ2n) is 5.08. The smallest absolute Gasteiger partial charge is 0.338 e. The molecule has 2 aromatic carbocycles. The van der Waals surface area contributed by atoms with Crippen molar-refractivity contribution in [2.75, 3.05) is 0 Å². The van der Waals surface area contributed by atoms with Crippen LogP contribution in [0.2, 0.25) is 0 Å². The summed E-state index contributed by atoms with van der Waals surface area (Å²) in [7, 11) is 0. The van der Waals surface area contributed by atoms with Crippen LogP contribution in [0.1, 0.15) is 22.8 Å². The quantitative estimate of drug-likeness (QED) is 0.575. The van der Waals surface area contributed by atoms with E-state index in [-0.39, 0.29) is 12.1 Å². The summed E-state index contributed by atoms with van der Waals surface area (Å²) in [5, 5.41) is 0. The van der Waals surface area contributed by atoms with Crippen molar-refractivity contribution in [1.29, 1.82) is 0 Å². The summed E-state index contributed by atoms with van der Waals surface area (Å²) >= 11 is 0. The van der Waals surface area contributed by atoms with E-state index in [0.29, 0.717) is 5.56 Å². The summed E-state index contributed by atoms with van der Waals surface area (Å²) in [4.78, 5) is 12.0. The number of hydrogen-bond donors (Lipinski definition) is 0. The highest BCUT2D eigenvalue weighted by atomic mass is 16.5. The normalized spacial score (nSPS) is 12.0. The van der Waals surface area contributed by atoms with Crippen molar-refractivity contribution in [3.05, 3.63) is 96.1 Å². The first-order valence-corrected chi connectivity index (χ1v) is 7.32. The maximum Gasteiger partial charge on any atom is 0.338 e. The average molecular weight is 292 g/mol. The third-order valence-electron chi connectivity index (χ3n) is 3.34. The van der Waals surface area contributed by atoms with E-state index in [1.54, 1.807) is 12.1 Å². The second kappa shape index (κ2) is 7.99. The molecule has 112 valence electrons. The molecule has 22 heavy (non-hydrogen) atoms. The van der Waals surface area contributed by atoms with Gasteiger partial charge in [0.15, 0.2) is 0 Å². The SMILES string of the molecule is C=C(/C=C/Cc1ccccc1)C(C)OC(=O)c1ccccc1. The van der Waals surface area contributed by atoms with Crippen LogP contribution in [0.5, 0.6) is 0 Å². The molecule has 1 atom stereocenters. The molecule has 0 radical (unpaired) electrons. The lowest BCUT2D eigenvalue weighted by atomic mass is 10.1. The highest BCUT2D eigenvalue weighted by Gasteiger charge is 2.12. The Balaban J connectivity index is 1.85. The van der Waals surface area contributed by atoms with E-state index in [1.807, 2.05) is 55.5 Å². The predicted octanol–water partition coefficient (Wildman–Crippen LogP) is 4.59. The zero-order valence-electron chi connectivity index (χ0n) is 12.7. The lowest BCUT2D eigenvalue weighted by Gasteiger charge is -2.13. The second-order valence-corrected chi connectivity index (χ2v) is 5.08. The van der Waals surface area contributed by atoms with Crippen molar-refractivity contribution in [2.24, 2.45) is 0 Å². The fourth-order valence-corrected chi connectivity index (χ4v) is 1.97. The number of hydrogen-bond acceptors (Lipinski definition) is 2. The molecule has 0 saturated carbocycles. The Bertz CT molecular complexity index is 642. The van der Waals surface area contributed by atoms with Gasteiger partial charge < -0.3 is 4.74 Å². The summed E-state index contributed by atoms with van der Waals surface area (Å²) in [5.41, 5.74) is 2.57. The summed E-state index contributed by atoms with van der Waals surface area (Å²) in [6.07, 6.45) is 4.43. The molecule has 0 N–H and O–H groups in total. The van der Waals surface area contributed by atoms with E-state index in [9.17, 15) is 4.79 Å². The molecular formula is C20H20O2. The van der Waals surface area contributed by atoms with Crippen LogP contribution in [-0.2, 0) is 11.2 Å². The minimum Gasteiger partial charge on any atom is -0.454 e. The molecule has 0 amide bonds. The minimum absolute atomic E-state index is 0.328. The Hall–Kier alpha value is -2.61. The molecule has 0 aliphatic heterocycles. The Morgan fingerprint density at radius 3 is 2.32 bits per heavy atom. The first-order chi connectivity index (χ1) is 10.7. The monoisotopic (exact) mass is 292 g/mol. The largest absolute Gasteiger partial charge is 0.454 e. The van der Waals surface area contributed by atoms with E-state index in [4.69, 9.17) is 4.74 Å². The topological polar surface area (TPSA) is 26.3 Å². The van der Waals surface area contributed by atoms with E-state index in [2.05, 4.69) is 18.7 Å². The van der Waals surface area contributed by atoms with Crippen LogP contribution in [0.3, 0.4) is 0 Å². The van der Waals surface area contributed by atoms with E-state index in [1.165, 1.54) is 5.56 Å². The molecule has 2 heteroatoms. The standard InChI is InChI=1S/C20H20O2/c1-16(10-9-13-18-11-5-3-6-12-18)17(2)22-20(21)19-14-7-4-8-15-19/h3-12,14-15,17H,1,13H2,2H3/b10-9+. The summed E-state index contributed by atoms with van der Waals surface area (Å²) in [6.45, 7) is 5.80. The number of esters is 1. The molecular weight excluding hydrogens is 272 g/mol. The molecule has 1 unspecified atom stereocenters. The highest BCUT2D eigenvalue weighted by molar-refractivity contribution is 5.89. The average Bonchev–Trinajstić information content (AvgIpc) is 2.56. The van der Waals surface area contributed by atoms with Gasteiger partial charge in [0.1, 0.15) is 6.10 Å². The van der Waals surface area contributed by atoms with Crippen molar-refractivity contribution in [3.63, 3.8) is 0 Å². The maximum atomic E-state index is 12.0. The Morgan fingerprint density at radius 1 is 1.09 bits per heavy atom. The fourth-order valence-electron chi connectivity index (χ4n) is 1.97. The number of ether oxygens (including phenoxy) is 1. The number of rotatable bonds is 6. The first kappa shape index (κ1) is 15.8. The summed E-state index contributed by atoms with van der Waals surface area (Å²) < 4.78 is 5.41. The van der Waals surface area contributed by atoms with Gasteiger partial charge >= 0.3 is 5.97 Å². The van der Waals surface area contributed by atoms with Crippen molar-refractivity contribution in [2.45, 2.75) is 19.4 Å². The lowest BCUT2D eigenvalue weighted by Crippen LogP contribution is -2.16. The van der Waals surface area contributed by atoms with E-state index < -0.39 is 0 Å². The molecule has 0 fully saturated rings. The van der Waals surface area contributed by atoms with Crippen LogP contribution in [0, 0.1) is 0 Å². The third-order valence-corrected chi connectivity index (χ3v) is 3.34. The first-order valence-electron chi connectivity index (χ1n) is 7.32.